The van der Waals surface area contributed by atoms with Crippen LogP contribution >= 0.6 is 63.7 Å². The normalized spacial score (nSPS) is 11.0. The van der Waals surface area contributed by atoms with Crippen LogP contribution in [0.4, 0.5) is 0 Å². The lowest BCUT2D eigenvalue weighted by molar-refractivity contribution is 0.889. The van der Waals surface area contributed by atoms with E-state index in [9.17, 15) is 0 Å². The van der Waals surface area contributed by atoms with E-state index < -0.39 is 0 Å². The van der Waals surface area contributed by atoms with E-state index in [4.69, 9.17) is 9.97 Å². The van der Waals surface area contributed by atoms with Gasteiger partial charge in [0.25, 0.3) is 0 Å². The van der Waals surface area contributed by atoms with Crippen LogP contribution in [-0.4, -0.2) is 40.3 Å². The van der Waals surface area contributed by atoms with Gasteiger partial charge in [-0.15, -0.1) is 10.2 Å². The smallest absolute Gasteiger partial charge is 0.200 e. The van der Waals surface area contributed by atoms with Crippen LogP contribution in [0.15, 0.2) is 36.4 Å². The molecule has 8 nitrogen and oxygen atoms in total. The molecule has 0 aliphatic carbocycles. The molecule has 0 saturated heterocycles. The molecule has 0 aliphatic heterocycles. The standard InChI is InChI=1S/C20H14Br4N8/c21-7-15-17(9-23)29-31-19(27-15)13-5-1-3-11(25-13)12-4-2-6-14(26-12)20-28-16(8-22)18(10-24)30-32-20/h1-6H,7-10H2. The summed E-state index contributed by atoms with van der Waals surface area (Å²) in [7, 11) is 0. The maximum absolute atomic E-state index is 4.72. The highest BCUT2D eigenvalue weighted by atomic mass is 79.9. The summed E-state index contributed by atoms with van der Waals surface area (Å²) in [5.41, 5.74) is 5.82. The Morgan fingerprint density at radius 1 is 0.438 bits per heavy atom. The van der Waals surface area contributed by atoms with Gasteiger partial charge in [0.1, 0.15) is 11.4 Å². The Balaban J connectivity index is 1.70. The van der Waals surface area contributed by atoms with Crippen LogP contribution in [0.2, 0.25) is 0 Å². The van der Waals surface area contributed by atoms with Crippen LogP contribution in [0.25, 0.3) is 34.4 Å². The number of pyridine rings is 2. The van der Waals surface area contributed by atoms with Gasteiger partial charge in [0.05, 0.1) is 34.2 Å². The molecule has 4 aromatic rings. The molecular weight excluding hydrogens is 672 g/mol. The Morgan fingerprint density at radius 2 is 0.812 bits per heavy atom. The topological polar surface area (TPSA) is 103 Å². The molecule has 4 aromatic heterocycles. The number of alkyl halides is 4. The van der Waals surface area contributed by atoms with Crippen molar-refractivity contribution in [2.24, 2.45) is 0 Å². The molecule has 12 heteroatoms. The van der Waals surface area contributed by atoms with Crippen LogP contribution in [0.1, 0.15) is 22.8 Å². The third kappa shape index (κ3) is 5.08. The Bertz CT molecular complexity index is 1160. The van der Waals surface area contributed by atoms with Crippen molar-refractivity contribution in [2.75, 3.05) is 0 Å². The Labute approximate surface area is 217 Å². The maximum atomic E-state index is 4.72. The van der Waals surface area contributed by atoms with Crippen LogP contribution in [0, 0.1) is 0 Å². The predicted octanol–water partition coefficient (Wildman–Crippen LogP) is 5.43. The molecule has 0 atom stereocenters. The van der Waals surface area contributed by atoms with Crippen molar-refractivity contribution in [1.82, 2.24) is 40.3 Å². The summed E-state index contributed by atoms with van der Waals surface area (Å²) in [5.74, 6) is 0.920. The minimum atomic E-state index is 0.460. The first-order chi connectivity index (χ1) is 15.7. The highest BCUT2D eigenvalue weighted by molar-refractivity contribution is 9.09. The lowest BCUT2D eigenvalue weighted by Crippen LogP contribution is -2.04. The summed E-state index contributed by atoms with van der Waals surface area (Å²) in [4.78, 5) is 18.6. The minimum absolute atomic E-state index is 0.460. The fourth-order valence-corrected chi connectivity index (χ4v) is 4.57. The largest absolute Gasteiger partial charge is 0.243 e. The van der Waals surface area contributed by atoms with Gasteiger partial charge in [0, 0.05) is 21.3 Å². The fraction of sp³-hybridized carbons (Fsp3) is 0.200. The van der Waals surface area contributed by atoms with Gasteiger partial charge in [0.2, 0.25) is 11.6 Å². The summed E-state index contributed by atoms with van der Waals surface area (Å²) >= 11 is 13.7. The Morgan fingerprint density at radius 3 is 1.19 bits per heavy atom. The zero-order chi connectivity index (χ0) is 22.5. The number of aromatic nitrogens is 8. The molecule has 0 aliphatic rings. The summed E-state index contributed by atoms with van der Waals surface area (Å²) in [6.07, 6.45) is 0. The van der Waals surface area contributed by atoms with E-state index in [2.05, 4.69) is 94.1 Å². The van der Waals surface area contributed by atoms with E-state index in [0.717, 1.165) is 22.8 Å². The number of nitrogens with zero attached hydrogens (tertiary/aromatic N) is 8. The van der Waals surface area contributed by atoms with Gasteiger partial charge in [0.15, 0.2) is 0 Å². The first kappa shape index (κ1) is 23.4. The molecule has 162 valence electrons. The zero-order valence-corrected chi connectivity index (χ0v) is 22.7. The SMILES string of the molecule is BrCc1nnc(-c2cccc(-c3cccc(-c4nnc(CBr)c(CBr)n4)n3)n2)nc1CBr. The third-order valence-electron chi connectivity index (χ3n) is 4.40. The van der Waals surface area contributed by atoms with E-state index in [1.807, 2.05) is 36.4 Å². The van der Waals surface area contributed by atoms with Crippen molar-refractivity contribution in [3.8, 4) is 34.4 Å². The molecule has 0 fully saturated rings. The molecule has 4 heterocycles. The summed E-state index contributed by atoms with van der Waals surface area (Å²) in [6.45, 7) is 0. The molecule has 0 saturated carbocycles. The Hall–Kier alpha value is -1.76. The monoisotopic (exact) mass is 682 g/mol. The maximum Gasteiger partial charge on any atom is 0.200 e. The second kappa shape index (κ2) is 10.9. The highest BCUT2D eigenvalue weighted by Gasteiger charge is 2.14. The first-order valence-electron chi connectivity index (χ1n) is 9.30. The van der Waals surface area contributed by atoms with Gasteiger partial charge in [-0.3, -0.25) is 0 Å². The molecule has 0 spiro atoms. The van der Waals surface area contributed by atoms with Gasteiger partial charge in [-0.25, -0.2) is 19.9 Å². The van der Waals surface area contributed by atoms with Crippen molar-refractivity contribution >= 4 is 63.7 Å². The predicted molar refractivity (Wildman–Crippen MR) is 136 cm³/mol. The Kier molecular flexibility index (Phi) is 7.98. The highest BCUT2D eigenvalue weighted by Crippen LogP contribution is 2.23. The van der Waals surface area contributed by atoms with E-state index in [1.165, 1.54) is 0 Å². The van der Waals surface area contributed by atoms with E-state index in [-0.39, 0.29) is 0 Å². The summed E-state index contributed by atoms with van der Waals surface area (Å²) in [6, 6.07) is 11.3. The molecule has 32 heavy (non-hydrogen) atoms. The lowest BCUT2D eigenvalue weighted by Gasteiger charge is -2.08. The van der Waals surface area contributed by atoms with Crippen LogP contribution in [0.5, 0.6) is 0 Å². The first-order valence-corrected chi connectivity index (χ1v) is 13.8. The summed E-state index contributed by atoms with van der Waals surface area (Å²) < 4.78 is 0. The van der Waals surface area contributed by atoms with Crippen LogP contribution in [0.3, 0.4) is 0 Å². The van der Waals surface area contributed by atoms with Crippen molar-refractivity contribution in [1.29, 1.82) is 0 Å². The average molecular weight is 686 g/mol. The molecule has 0 N–H and O–H groups in total. The van der Waals surface area contributed by atoms with Gasteiger partial charge >= 0.3 is 0 Å². The van der Waals surface area contributed by atoms with Gasteiger partial charge in [-0.2, -0.15) is 10.2 Å². The molecule has 0 radical (unpaired) electrons. The quantitative estimate of drug-likeness (QED) is 0.238. The van der Waals surface area contributed by atoms with E-state index in [1.54, 1.807) is 0 Å². The molecule has 0 bridgehead atoms. The van der Waals surface area contributed by atoms with Crippen molar-refractivity contribution in [3.63, 3.8) is 0 Å². The lowest BCUT2D eigenvalue weighted by atomic mass is 10.2. The molecular formula is C20H14Br4N8. The van der Waals surface area contributed by atoms with E-state index >= 15 is 0 Å². The number of rotatable bonds is 7. The molecule has 0 aromatic carbocycles. The molecule has 0 amide bonds. The number of halogens is 4. The molecule has 0 unspecified atom stereocenters. The van der Waals surface area contributed by atoms with Gasteiger partial charge in [-0.1, -0.05) is 75.9 Å². The van der Waals surface area contributed by atoms with Crippen molar-refractivity contribution in [2.45, 2.75) is 21.3 Å². The van der Waals surface area contributed by atoms with Crippen LogP contribution < -0.4 is 0 Å². The van der Waals surface area contributed by atoms with Crippen molar-refractivity contribution < 1.29 is 0 Å². The fourth-order valence-electron chi connectivity index (χ4n) is 2.80. The number of hydrogen-bond acceptors (Lipinski definition) is 8. The zero-order valence-electron chi connectivity index (χ0n) is 16.4. The van der Waals surface area contributed by atoms with Crippen LogP contribution in [-0.2, 0) is 21.3 Å². The second-order valence-electron chi connectivity index (χ2n) is 6.41. The van der Waals surface area contributed by atoms with Gasteiger partial charge < -0.3 is 0 Å². The average Bonchev–Trinajstić information content (AvgIpc) is 2.87. The van der Waals surface area contributed by atoms with Gasteiger partial charge in [-0.05, 0) is 24.3 Å². The number of hydrogen-bond donors (Lipinski definition) is 0. The van der Waals surface area contributed by atoms with E-state index in [0.29, 0.717) is 55.7 Å². The molecule has 4 rings (SSSR count). The second-order valence-corrected chi connectivity index (χ2v) is 8.65. The minimum Gasteiger partial charge on any atom is -0.243 e. The summed E-state index contributed by atoms with van der Waals surface area (Å²) in [5, 5.41) is 19.3. The third-order valence-corrected chi connectivity index (χ3v) is 6.53. The van der Waals surface area contributed by atoms with Crippen molar-refractivity contribution in [3.05, 3.63) is 59.2 Å².